The standard InChI is InChI=1S/C16H14N4O2/c1-21-15-12(9-11-3-2-4-13(11)18-15)16-19-14(20-22-16)10-5-7-17-8-6-10/h5-9H,2-4H2,1H3. The minimum atomic E-state index is 0.422. The number of rotatable bonds is 3. The van der Waals surface area contributed by atoms with Crippen molar-refractivity contribution in [2.75, 3.05) is 7.11 Å². The third-order valence-corrected chi connectivity index (χ3v) is 3.80. The summed E-state index contributed by atoms with van der Waals surface area (Å²) in [7, 11) is 1.60. The molecule has 0 atom stereocenters. The predicted molar refractivity (Wildman–Crippen MR) is 79.3 cm³/mol. The van der Waals surface area contributed by atoms with Crippen LogP contribution >= 0.6 is 0 Å². The van der Waals surface area contributed by atoms with Crippen LogP contribution in [0.3, 0.4) is 0 Å². The second kappa shape index (κ2) is 5.22. The maximum atomic E-state index is 5.41. The van der Waals surface area contributed by atoms with E-state index in [1.54, 1.807) is 19.5 Å². The summed E-state index contributed by atoms with van der Waals surface area (Å²) in [5, 5.41) is 4.03. The summed E-state index contributed by atoms with van der Waals surface area (Å²) in [5.41, 5.74) is 3.95. The lowest BCUT2D eigenvalue weighted by atomic mass is 10.1. The number of pyridine rings is 2. The van der Waals surface area contributed by atoms with Gasteiger partial charge in [-0.05, 0) is 43.0 Å². The number of ether oxygens (including phenoxy) is 1. The quantitative estimate of drug-likeness (QED) is 0.739. The molecular formula is C16H14N4O2. The average Bonchev–Trinajstić information content (AvgIpc) is 3.23. The Bertz CT molecular complexity index is 814. The molecule has 1 aliphatic carbocycles. The first kappa shape index (κ1) is 12.9. The fourth-order valence-corrected chi connectivity index (χ4v) is 2.71. The van der Waals surface area contributed by atoms with E-state index in [1.807, 2.05) is 12.1 Å². The molecule has 6 nitrogen and oxygen atoms in total. The van der Waals surface area contributed by atoms with Crippen molar-refractivity contribution in [2.24, 2.45) is 0 Å². The van der Waals surface area contributed by atoms with Crippen LogP contribution in [0.4, 0.5) is 0 Å². The molecule has 0 saturated carbocycles. The van der Waals surface area contributed by atoms with Gasteiger partial charge >= 0.3 is 0 Å². The first-order valence-electron chi connectivity index (χ1n) is 7.16. The molecule has 3 aromatic heterocycles. The molecule has 0 unspecified atom stereocenters. The molecule has 0 bridgehead atoms. The zero-order valence-electron chi connectivity index (χ0n) is 12.1. The van der Waals surface area contributed by atoms with Gasteiger partial charge in [-0.15, -0.1) is 0 Å². The van der Waals surface area contributed by atoms with Crippen molar-refractivity contribution < 1.29 is 9.26 Å². The molecule has 0 saturated heterocycles. The second-order valence-corrected chi connectivity index (χ2v) is 5.16. The summed E-state index contributed by atoms with van der Waals surface area (Å²) in [6.07, 6.45) is 6.55. The highest BCUT2D eigenvalue weighted by Gasteiger charge is 2.21. The van der Waals surface area contributed by atoms with Gasteiger partial charge in [-0.25, -0.2) is 4.98 Å². The Morgan fingerprint density at radius 3 is 2.82 bits per heavy atom. The molecule has 0 N–H and O–H groups in total. The summed E-state index contributed by atoms with van der Waals surface area (Å²) in [5.74, 6) is 1.48. The van der Waals surface area contributed by atoms with Gasteiger partial charge in [-0.1, -0.05) is 5.16 Å². The molecule has 6 heteroatoms. The van der Waals surface area contributed by atoms with E-state index in [1.165, 1.54) is 5.56 Å². The zero-order chi connectivity index (χ0) is 14.9. The van der Waals surface area contributed by atoms with Crippen LogP contribution < -0.4 is 4.74 Å². The van der Waals surface area contributed by atoms with Crippen LogP contribution in [-0.2, 0) is 12.8 Å². The molecule has 0 aromatic carbocycles. The normalized spacial score (nSPS) is 13.1. The first-order chi connectivity index (χ1) is 10.8. The molecule has 110 valence electrons. The Labute approximate surface area is 127 Å². The van der Waals surface area contributed by atoms with Crippen molar-refractivity contribution in [1.29, 1.82) is 0 Å². The number of fused-ring (bicyclic) bond motifs is 1. The number of hydrogen-bond acceptors (Lipinski definition) is 6. The molecule has 1 aliphatic rings. The Morgan fingerprint density at radius 1 is 1.14 bits per heavy atom. The number of aryl methyl sites for hydroxylation is 2. The van der Waals surface area contributed by atoms with Crippen molar-refractivity contribution in [3.63, 3.8) is 0 Å². The highest BCUT2D eigenvalue weighted by atomic mass is 16.5. The minimum absolute atomic E-state index is 0.422. The monoisotopic (exact) mass is 294 g/mol. The van der Waals surface area contributed by atoms with Gasteiger partial charge in [0.1, 0.15) is 5.56 Å². The molecule has 4 rings (SSSR count). The summed E-state index contributed by atoms with van der Waals surface area (Å²) in [4.78, 5) is 13.0. The predicted octanol–water partition coefficient (Wildman–Crippen LogP) is 2.69. The lowest BCUT2D eigenvalue weighted by Gasteiger charge is -2.06. The highest BCUT2D eigenvalue weighted by Crippen LogP contribution is 2.33. The molecule has 0 radical (unpaired) electrons. The van der Waals surface area contributed by atoms with Gasteiger partial charge in [0.2, 0.25) is 11.7 Å². The van der Waals surface area contributed by atoms with Crippen molar-refractivity contribution in [2.45, 2.75) is 19.3 Å². The van der Waals surface area contributed by atoms with Crippen LogP contribution in [-0.4, -0.2) is 27.2 Å². The molecule has 3 aromatic rings. The van der Waals surface area contributed by atoms with Gasteiger partial charge in [0.15, 0.2) is 0 Å². The van der Waals surface area contributed by atoms with Gasteiger partial charge in [0.05, 0.1) is 7.11 Å². The van der Waals surface area contributed by atoms with Crippen LogP contribution in [0.1, 0.15) is 17.7 Å². The van der Waals surface area contributed by atoms with Crippen molar-refractivity contribution in [1.82, 2.24) is 20.1 Å². The van der Waals surface area contributed by atoms with Gasteiger partial charge < -0.3 is 9.26 Å². The van der Waals surface area contributed by atoms with E-state index in [-0.39, 0.29) is 0 Å². The Kier molecular flexibility index (Phi) is 3.07. The topological polar surface area (TPSA) is 73.9 Å². The van der Waals surface area contributed by atoms with Crippen LogP contribution in [0.2, 0.25) is 0 Å². The Balaban J connectivity index is 1.78. The fourth-order valence-electron chi connectivity index (χ4n) is 2.71. The lowest BCUT2D eigenvalue weighted by molar-refractivity contribution is 0.390. The number of aromatic nitrogens is 4. The molecule has 0 fully saturated rings. The van der Waals surface area contributed by atoms with E-state index >= 15 is 0 Å². The number of methoxy groups -OCH3 is 1. The highest BCUT2D eigenvalue weighted by molar-refractivity contribution is 5.64. The van der Waals surface area contributed by atoms with E-state index in [0.29, 0.717) is 17.6 Å². The van der Waals surface area contributed by atoms with Crippen molar-refractivity contribution in [3.8, 4) is 28.7 Å². The molecule has 22 heavy (non-hydrogen) atoms. The van der Waals surface area contributed by atoms with Crippen LogP contribution in [0.5, 0.6) is 5.88 Å². The van der Waals surface area contributed by atoms with Gasteiger partial charge in [-0.2, -0.15) is 4.98 Å². The summed E-state index contributed by atoms with van der Waals surface area (Å²) in [6.45, 7) is 0. The maximum Gasteiger partial charge on any atom is 0.263 e. The Hall–Kier alpha value is -2.76. The van der Waals surface area contributed by atoms with E-state index in [2.05, 4.69) is 26.2 Å². The van der Waals surface area contributed by atoms with Crippen LogP contribution in [0.25, 0.3) is 22.8 Å². The van der Waals surface area contributed by atoms with Crippen molar-refractivity contribution >= 4 is 0 Å². The Morgan fingerprint density at radius 2 is 2.00 bits per heavy atom. The van der Waals surface area contributed by atoms with E-state index in [4.69, 9.17) is 9.26 Å². The maximum absolute atomic E-state index is 5.41. The summed E-state index contributed by atoms with van der Waals surface area (Å²) < 4.78 is 10.8. The van der Waals surface area contributed by atoms with Gasteiger partial charge in [0.25, 0.3) is 5.89 Å². The lowest BCUT2D eigenvalue weighted by Crippen LogP contribution is -1.97. The molecule has 0 amide bonds. The zero-order valence-corrected chi connectivity index (χ0v) is 12.1. The minimum Gasteiger partial charge on any atom is -0.480 e. The molecule has 0 aliphatic heterocycles. The van der Waals surface area contributed by atoms with Crippen molar-refractivity contribution in [3.05, 3.63) is 41.9 Å². The number of hydrogen-bond donors (Lipinski definition) is 0. The van der Waals surface area contributed by atoms with E-state index in [9.17, 15) is 0 Å². The molecule has 0 spiro atoms. The van der Waals surface area contributed by atoms with Crippen LogP contribution in [0.15, 0.2) is 35.1 Å². The largest absolute Gasteiger partial charge is 0.480 e. The fraction of sp³-hybridized carbons (Fsp3) is 0.250. The van der Waals surface area contributed by atoms with Gasteiger partial charge in [-0.3, -0.25) is 4.98 Å². The molecule has 3 heterocycles. The van der Waals surface area contributed by atoms with E-state index < -0.39 is 0 Å². The van der Waals surface area contributed by atoms with E-state index in [0.717, 1.165) is 36.1 Å². The SMILES string of the molecule is COc1nc2c(cc1-c1nc(-c3ccncc3)no1)CCC2. The average molecular weight is 294 g/mol. The smallest absolute Gasteiger partial charge is 0.263 e. The second-order valence-electron chi connectivity index (χ2n) is 5.16. The first-order valence-corrected chi connectivity index (χ1v) is 7.16. The summed E-state index contributed by atoms with van der Waals surface area (Å²) in [6, 6.07) is 5.73. The third kappa shape index (κ3) is 2.13. The number of nitrogens with zero attached hydrogens (tertiary/aromatic N) is 4. The van der Waals surface area contributed by atoms with Crippen LogP contribution in [0, 0.1) is 0 Å². The third-order valence-electron chi connectivity index (χ3n) is 3.80. The van der Waals surface area contributed by atoms with Gasteiger partial charge in [0, 0.05) is 23.7 Å². The molecular weight excluding hydrogens is 280 g/mol. The summed E-state index contributed by atoms with van der Waals surface area (Å²) >= 11 is 0.